The minimum absolute atomic E-state index is 0. The lowest BCUT2D eigenvalue weighted by Crippen LogP contribution is -2.40. The highest BCUT2D eigenvalue weighted by molar-refractivity contribution is 14.0. The molecule has 2 N–H and O–H groups in total. The van der Waals surface area contributed by atoms with Crippen LogP contribution in [0.15, 0.2) is 34.6 Å². The van der Waals surface area contributed by atoms with Gasteiger partial charge in [-0.2, -0.15) is 0 Å². The largest absolute Gasteiger partial charge is 0.356 e. The van der Waals surface area contributed by atoms with Crippen molar-refractivity contribution in [3.05, 3.63) is 51.7 Å². The maximum absolute atomic E-state index is 13.1. The average Bonchev–Trinajstić information content (AvgIpc) is 3.24. The van der Waals surface area contributed by atoms with Gasteiger partial charge in [-0.1, -0.05) is 26.0 Å². The Kier molecular flexibility index (Phi) is 7.40. The number of nitrogens with zero attached hydrogens (tertiary/aromatic N) is 2. The van der Waals surface area contributed by atoms with E-state index < -0.39 is 0 Å². The Morgan fingerprint density at radius 3 is 2.50 bits per heavy atom. The van der Waals surface area contributed by atoms with Gasteiger partial charge in [0, 0.05) is 24.4 Å². The third-order valence-electron chi connectivity index (χ3n) is 4.70. The summed E-state index contributed by atoms with van der Waals surface area (Å²) in [4.78, 5) is 8.93. The second kappa shape index (κ2) is 9.12. The number of aromatic nitrogens is 1. The van der Waals surface area contributed by atoms with Gasteiger partial charge >= 0.3 is 0 Å². The summed E-state index contributed by atoms with van der Waals surface area (Å²) >= 11 is 1.67. The molecule has 0 unspecified atom stereocenters. The van der Waals surface area contributed by atoms with Crippen LogP contribution in [0.1, 0.15) is 48.9 Å². The summed E-state index contributed by atoms with van der Waals surface area (Å²) in [6, 6.07) is 6.86. The van der Waals surface area contributed by atoms with Gasteiger partial charge in [0.05, 0.1) is 12.2 Å². The molecular weight excluding hydrogens is 462 g/mol. The van der Waals surface area contributed by atoms with Crippen LogP contribution in [0.3, 0.4) is 0 Å². The first kappa shape index (κ1) is 21.1. The summed E-state index contributed by atoms with van der Waals surface area (Å²) < 4.78 is 13.1. The van der Waals surface area contributed by atoms with E-state index >= 15 is 0 Å². The van der Waals surface area contributed by atoms with Crippen LogP contribution in [0.2, 0.25) is 0 Å². The Bertz CT molecular complexity index is 738. The summed E-state index contributed by atoms with van der Waals surface area (Å²) in [6.07, 6.45) is 2.24. The van der Waals surface area contributed by atoms with Crippen molar-refractivity contribution in [1.82, 2.24) is 15.6 Å². The highest BCUT2D eigenvalue weighted by atomic mass is 127. The highest BCUT2D eigenvalue weighted by Gasteiger charge is 2.44. The lowest BCUT2D eigenvalue weighted by Gasteiger charge is -2.19. The predicted octanol–water partition coefficient (Wildman–Crippen LogP) is 4.42. The van der Waals surface area contributed by atoms with E-state index in [0.29, 0.717) is 12.5 Å². The van der Waals surface area contributed by atoms with Crippen molar-refractivity contribution in [1.29, 1.82) is 0 Å². The molecule has 0 atom stereocenters. The van der Waals surface area contributed by atoms with Gasteiger partial charge in [-0.25, -0.2) is 9.37 Å². The molecule has 1 heterocycles. The second-order valence-corrected chi connectivity index (χ2v) is 7.83. The molecule has 0 aliphatic heterocycles. The molecule has 0 amide bonds. The fraction of sp³-hybridized carbons (Fsp3) is 0.474. The van der Waals surface area contributed by atoms with Gasteiger partial charge in [0.25, 0.3) is 0 Å². The molecule has 1 aromatic heterocycles. The SMILES string of the molecule is CN=C(NCc1nc(C(C)C)cs1)NCC1(c2ccc(F)cc2)CC1.I. The number of aliphatic imine (C=N–C) groups is 1. The number of nitrogens with one attached hydrogen (secondary N) is 2. The number of guanidine groups is 1. The summed E-state index contributed by atoms with van der Waals surface area (Å²) in [5.74, 6) is 1.04. The van der Waals surface area contributed by atoms with Gasteiger partial charge in [0.15, 0.2) is 5.96 Å². The smallest absolute Gasteiger partial charge is 0.191 e. The third kappa shape index (κ3) is 5.16. The molecule has 7 heteroatoms. The second-order valence-electron chi connectivity index (χ2n) is 6.89. The van der Waals surface area contributed by atoms with Crippen molar-refractivity contribution in [3.63, 3.8) is 0 Å². The number of hydrogen-bond donors (Lipinski definition) is 2. The monoisotopic (exact) mass is 488 g/mol. The molecule has 26 heavy (non-hydrogen) atoms. The highest BCUT2D eigenvalue weighted by Crippen LogP contribution is 2.47. The summed E-state index contributed by atoms with van der Waals surface area (Å²) in [6.45, 7) is 5.77. The molecule has 1 aliphatic rings. The lowest BCUT2D eigenvalue weighted by atomic mass is 9.96. The normalized spacial score (nSPS) is 15.5. The zero-order chi connectivity index (χ0) is 17.9. The van der Waals surface area contributed by atoms with Crippen molar-refractivity contribution >= 4 is 41.3 Å². The van der Waals surface area contributed by atoms with E-state index in [2.05, 4.69) is 39.8 Å². The number of benzene rings is 1. The fourth-order valence-corrected chi connectivity index (χ4v) is 3.72. The van der Waals surface area contributed by atoms with E-state index in [1.165, 1.54) is 17.7 Å². The molecule has 0 radical (unpaired) electrons. The van der Waals surface area contributed by atoms with Gasteiger partial charge in [-0.3, -0.25) is 4.99 Å². The molecule has 1 aliphatic carbocycles. The van der Waals surface area contributed by atoms with Gasteiger partial charge in [0.1, 0.15) is 10.8 Å². The Morgan fingerprint density at radius 1 is 1.27 bits per heavy atom. The van der Waals surface area contributed by atoms with Crippen LogP contribution in [0, 0.1) is 5.82 Å². The summed E-state index contributed by atoms with van der Waals surface area (Å²) in [5, 5.41) is 9.91. The first-order chi connectivity index (χ1) is 12.0. The molecule has 2 aromatic rings. The number of halogens is 2. The molecule has 0 saturated heterocycles. The van der Waals surface area contributed by atoms with E-state index in [1.807, 2.05) is 12.1 Å². The number of thiazole rings is 1. The van der Waals surface area contributed by atoms with Crippen molar-refractivity contribution in [2.45, 2.75) is 44.6 Å². The Hall–Kier alpha value is -1.22. The van der Waals surface area contributed by atoms with Gasteiger partial charge in [0.2, 0.25) is 0 Å². The Balaban J connectivity index is 0.00000243. The van der Waals surface area contributed by atoms with E-state index in [-0.39, 0.29) is 35.2 Å². The van der Waals surface area contributed by atoms with Crippen LogP contribution in [-0.2, 0) is 12.0 Å². The third-order valence-corrected chi connectivity index (χ3v) is 5.56. The zero-order valence-corrected chi connectivity index (χ0v) is 18.5. The molecule has 1 saturated carbocycles. The molecule has 142 valence electrons. The Morgan fingerprint density at radius 2 is 1.96 bits per heavy atom. The van der Waals surface area contributed by atoms with Crippen LogP contribution < -0.4 is 10.6 Å². The number of hydrogen-bond acceptors (Lipinski definition) is 3. The lowest BCUT2D eigenvalue weighted by molar-refractivity contribution is 0.617. The first-order valence-corrected chi connectivity index (χ1v) is 9.55. The van der Waals surface area contributed by atoms with E-state index in [0.717, 1.165) is 36.0 Å². The first-order valence-electron chi connectivity index (χ1n) is 8.67. The molecular formula is C19H26FIN4S. The van der Waals surface area contributed by atoms with E-state index in [1.54, 1.807) is 18.4 Å². The molecule has 0 spiro atoms. The van der Waals surface area contributed by atoms with Crippen LogP contribution in [-0.4, -0.2) is 24.5 Å². The number of rotatable bonds is 6. The van der Waals surface area contributed by atoms with Crippen LogP contribution in [0.4, 0.5) is 4.39 Å². The zero-order valence-electron chi connectivity index (χ0n) is 15.4. The van der Waals surface area contributed by atoms with Crippen molar-refractivity contribution in [3.8, 4) is 0 Å². The predicted molar refractivity (Wildman–Crippen MR) is 117 cm³/mol. The van der Waals surface area contributed by atoms with E-state index in [4.69, 9.17) is 0 Å². The molecule has 3 rings (SSSR count). The summed E-state index contributed by atoms with van der Waals surface area (Å²) in [7, 11) is 1.77. The van der Waals surface area contributed by atoms with Crippen molar-refractivity contribution in [2.75, 3.05) is 13.6 Å². The van der Waals surface area contributed by atoms with E-state index in [9.17, 15) is 4.39 Å². The maximum atomic E-state index is 13.1. The van der Waals surface area contributed by atoms with Crippen molar-refractivity contribution < 1.29 is 4.39 Å². The van der Waals surface area contributed by atoms with Crippen LogP contribution in [0.25, 0.3) is 0 Å². The minimum Gasteiger partial charge on any atom is -0.356 e. The summed E-state index contributed by atoms with van der Waals surface area (Å²) in [5.41, 5.74) is 2.44. The van der Waals surface area contributed by atoms with Crippen LogP contribution >= 0.6 is 35.3 Å². The van der Waals surface area contributed by atoms with Gasteiger partial charge < -0.3 is 10.6 Å². The average molecular weight is 488 g/mol. The van der Waals surface area contributed by atoms with Crippen molar-refractivity contribution in [2.24, 2.45) is 4.99 Å². The molecule has 4 nitrogen and oxygen atoms in total. The Labute approximate surface area is 175 Å². The molecule has 1 aromatic carbocycles. The molecule has 0 bridgehead atoms. The fourth-order valence-electron chi connectivity index (χ4n) is 2.83. The molecule has 1 fully saturated rings. The topological polar surface area (TPSA) is 49.3 Å². The quantitative estimate of drug-likeness (QED) is 0.360. The minimum atomic E-state index is -0.186. The standard InChI is InChI=1S/C19H25FN4S.HI/c1-13(2)16-11-25-17(24-16)10-22-18(21-3)23-12-19(8-9-19)14-4-6-15(20)7-5-14;/h4-7,11,13H,8-10,12H2,1-3H3,(H2,21,22,23);1H. The van der Waals surface area contributed by atoms with Gasteiger partial charge in [-0.05, 0) is 36.5 Å². The van der Waals surface area contributed by atoms with Crippen LogP contribution in [0.5, 0.6) is 0 Å². The van der Waals surface area contributed by atoms with Gasteiger partial charge in [-0.15, -0.1) is 35.3 Å². The maximum Gasteiger partial charge on any atom is 0.191 e.